The zero-order valence-electron chi connectivity index (χ0n) is 20.8. The Morgan fingerprint density at radius 3 is 2.19 bits per heavy atom. The molecular weight excluding hydrogens is 474 g/mol. The largest absolute Gasteiger partial charge is 0.326 e. The third-order valence-electron chi connectivity index (χ3n) is 5.94. The monoisotopic (exact) mass is 505 g/mol. The SMILES string of the molecule is CC(C)(C)N(C(=O)c1ccc(NC(=O)Cc2ccc(S(=O)(=O)CC3CC3)nc2)cc1)c1ccccc1. The standard InChI is InChI=1S/C28H31N3O4S/c1-28(2,3)31(24-7-5-4-6-8-24)27(33)22-12-14-23(15-13-22)30-25(32)17-21-11-16-26(29-18-21)36(34,35)19-20-9-10-20/h4-8,11-16,18,20H,9-10,17,19H2,1-3H3,(H,30,32). The van der Waals surface area contributed by atoms with Crippen molar-refractivity contribution in [2.75, 3.05) is 16.0 Å². The van der Waals surface area contributed by atoms with E-state index < -0.39 is 15.4 Å². The minimum Gasteiger partial charge on any atom is -0.326 e. The number of anilines is 2. The average Bonchev–Trinajstić information content (AvgIpc) is 3.63. The van der Waals surface area contributed by atoms with E-state index in [4.69, 9.17) is 0 Å². The van der Waals surface area contributed by atoms with Crippen LogP contribution in [0.15, 0.2) is 78.0 Å². The second-order valence-electron chi connectivity index (χ2n) is 10.2. The first kappa shape index (κ1) is 25.6. The van der Waals surface area contributed by atoms with Gasteiger partial charge in [0.2, 0.25) is 5.91 Å². The van der Waals surface area contributed by atoms with Crippen LogP contribution < -0.4 is 10.2 Å². The molecule has 1 aliphatic carbocycles. The lowest BCUT2D eigenvalue weighted by atomic mass is 10.0. The number of nitrogens with zero attached hydrogens (tertiary/aromatic N) is 2. The number of hydrogen-bond acceptors (Lipinski definition) is 5. The Balaban J connectivity index is 1.39. The lowest BCUT2D eigenvalue weighted by Gasteiger charge is -2.36. The van der Waals surface area contributed by atoms with Crippen molar-refractivity contribution in [3.63, 3.8) is 0 Å². The molecule has 3 aromatic rings. The number of hydrogen-bond donors (Lipinski definition) is 1. The van der Waals surface area contributed by atoms with Crippen LogP contribution in [0.25, 0.3) is 0 Å². The summed E-state index contributed by atoms with van der Waals surface area (Å²) in [5, 5.41) is 2.87. The molecule has 0 spiro atoms. The fraction of sp³-hybridized carbons (Fsp3) is 0.321. The number of sulfone groups is 1. The normalized spacial score (nSPS) is 13.8. The Morgan fingerprint density at radius 2 is 1.64 bits per heavy atom. The van der Waals surface area contributed by atoms with Crippen molar-refractivity contribution in [2.24, 2.45) is 5.92 Å². The molecule has 1 N–H and O–H groups in total. The van der Waals surface area contributed by atoms with Gasteiger partial charge in [-0.15, -0.1) is 0 Å². The number of benzene rings is 2. The van der Waals surface area contributed by atoms with Gasteiger partial charge in [0.05, 0.1) is 12.2 Å². The summed E-state index contributed by atoms with van der Waals surface area (Å²) in [6, 6.07) is 19.4. The minimum atomic E-state index is -3.38. The smallest absolute Gasteiger partial charge is 0.258 e. The van der Waals surface area contributed by atoms with Crippen molar-refractivity contribution in [3.05, 3.63) is 84.1 Å². The Bertz CT molecular complexity index is 1330. The van der Waals surface area contributed by atoms with Crippen LogP contribution in [0, 0.1) is 5.92 Å². The number of pyridine rings is 1. The Kier molecular flexibility index (Phi) is 7.26. The maximum atomic E-state index is 13.3. The van der Waals surface area contributed by atoms with Crippen LogP contribution in [-0.2, 0) is 21.1 Å². The Morgan fingerprint density at radius 1 is 0.972 bits per heavy atom. The van der Waals surface area contributed by atoms with Crippen LogP contribution in [0.4, 0.5) is 11.4 Å². The average molecular weight is 506 g/mol. The molecule has 4 rings (SSSR count). The van der Waals surface area contributed by atoms with Gasteiger partial charge in [0.1, 0.15) is 0 Å². The molecule has 0 saturated heterocycles. The summed E-state index contributed by atoms with van der Waals surface area (Å²) >= 11 is 0. The Labute approximate surface area is 212 Å². The summed E-state index contributed by atoms with van der Waals surface area (Å²) in [5.41, 5.74) is 2.08. The number of aromatic nitrogens is 1. The van der Waals surface area contributed by atoms with E-state index in [2.05, 4.69) is 10.3 Å². The molecule has 1 aliphatic rings. The van der Waals surface area contributed by atoms with E-state index in [1.807, 2.05) is 51.1 Å². The van der Waals surface area contributed by atoms with Gasteiger partial charge in [0, 0.05) is 28.7 Å². The Hall–Kier alpha value is -3.52. The molecule has 36 heavy (non-hydrogen) atoms. The van der Waals surface area contributed by atoms with E-state index in [1.54, 1.807) is 35.2 Å². The molecule has 0 atom stereocenters. The number of para-hydroxylation sites is 1. The van der Waals surface area contributed by atoms with Crippen LogP contribution in [-0.4, -0.2) is 36.5 Å². The number of rotatable bonds is 8. The lowest BCUT2D eigenvalue weighted by Crippen LogP contribution is -2.46. The molecule has 0 radical (unpaired) electrons. The number of carbonyl (C=O) groups excluding carboxylic acids is 2. The van der Waals surface area contributed by atoms with Crippen molar-refractivity contribution < 1.29 is 18.0 Å². The van der Waals surface area contributed by atoms with Crippen molar-refractivity contribution in [1.29, 1.82) is 0 Å². The molecule has 2 amide bonds. The number of carbonyl (C=O) groups is 2. The summed E-state index contributed by atoms with van der Waals surface area (Å²) in [7, 11) is -3.38. The molecule has 0 aliphatic heterocycles. The highest BCUT2D eigenvalue weighted by Gasteiger charge is 2.30. The first-order chi connectivity index (χ1) is 17.0. The third kappa shape index (κ3) is 6.37. The van der Waals surface area contributed by atoms with Crippen molar-refractivity contribution in [3.8, 4) is 0 Å². The summed E-state index contributed by atoms with van der Waals surface area (Å²) in [6.45, 7) is 5.95. The number of amides is 2. The van der Waals surface area contributed by atoms with Crippen LogP contribution in [0.5, 0.6) is 0 Å². The molecule has 0 unspecified atom stereocenters. The van der Waals surface area contributed by atoms with Gasteiger partial charge in [-0.2, -0.15) is 0 Å². The molecule has 2 aromatic carbocycles. The van der Waals surface area contributed by atoms with Crippen molar-refractivity contribution in [2.45, 2.75) is 50.6 Å². The maximum absolute atomic E-state index is 13.3. The van der Waals surface area contributed by atoms with E-state index in [9.17, 15) is 18.0 Å². The molecule has 0 bridgehead atoms. The summed E-state index contributed by atoms with van der Waals surface area (Å²) in [4.78, 5) is 31.7. The molecule has 1 aromatic heterocycles. The quantitative estimate of drug-likeness (QED) is 0.470. The molecular formula is C28H31N3O4S. The van der Waals surface area contributed by atoms with Crippen LogP contribution >= 0.6 is 0 Å². The summed E-state index contributed by atoms with van der Waals surface area (Å²) in [5.74, 6) is -0.00440. The van der Waals surface area contributed by atoms with Gasteiger partial charge in [-0.05, 0) is 87.6 Å². The second-order valence-corrected chi connectivity index (χ2v) is 12.2. The van der Waals surface area contributed by atoms with Crippen LogP contribution in [0.1, 0.15) is 49.5 Å². The summed E-state index contributed by atoms with van der Waals surface area (Å²) < 4.78 is 24.7. The first-order valence-electron chi connectivity index (χ1n) is 12.0. The minimum absolute atomic E-state index is 0.0543. The molecule has 7 nitrogen and oxygen atoms in total. The van der Waals surface area contributed by atoms with Gasteiger partial charge in [0.25, 0.3) is 5.91 Å². The van der Waals surface area contributed by atoms with Crippen molar-refractivity contribution >= 4 is 33.0 Å². The van der Waals surface area contributed by atoms with E-state index in [0.717, 1.165) is 18.5 Å². The zero-order chi connectivity index (χ0) is 25.9. The predicted molar refractivity (Wildman–Crippen MR) is 141 cm³/mol. The molecule has 188 valence electrons. The fourth-order valence-electron chi connectivity index (χ4n) is 3.98. The number of nitrogens with one attached hydrogen (secondary N) is 1. The van der Waals surface area contributed by atoms with E-state index in [1.165, 1.54) is 12.3 Å². The second kappa shape index (κ2) is 10.2. The van der Waals surface area contributed by atoms with Gasteiger partial charge >= 0.3 is 0 Å². The van der Waals surface area contributed by atoms with Crippen LogP contribution in [0.3, 0.4) is 0 Å². The lowest BCUT2D eigenvalue weighted by molar-refractivity contribution is -0.115. The highest BCUT2D eigenvalue weighted by atomic mass is 32.2. The van der Waals surface area contributed by atoms with E-state index >= 15 is 0 Å². The van der Waals surface area contributed by atoms with Gasteiger partial charge in [-0.1, -0.05) is 24.3 Å². The van der Waals surface area contributed by atoms with Crippen LogP contribution in [0.2, 0.25) is 0 Å². The maximum Gasteiger partial charge on any atom is 0.258 e. The van der Waals surface area contributed by atoms with E-state index in [0.29, 0.717) is 16.8 Å². The highest BCUT2D eigenvalue weighted by Crippen LogP contribution is 2.32. The van der Waals surface area contributed by atoms with Gasteiger partial charge < -0.3 is 10.2 Å². The third-order valence-corrected chi connectivity index (χ3v) is 7.73. The van der Waals surface area contributed by atoms with Gasteiger partial charge in [0.15, 0.2) is 14.9 Å². The molecule has 1 fully saturated rings. The van der Waals surface area contributed by atoms with Gasteiger partial charge in [-0.3, -0.25) is 9.59 Å². The predicted octanol–water partition coefficient (Wildman–Crippen LogP) is 4.89. The molecule has 1 saturated carbocycles. The van der Waals surface area contributed by atoms with E-state index in [-0.39, 0.29) is 34.9 Å². The first-order valence-corrected chi connectivity index (χ1v) is 13.7. The molecule has 1 heterocycles. The topological polar surface area (TPSA) is 96.4 Å². The summed E-state index contributed by atoms with van der Waals surface area (Å²) in [6.07, 6.45) is 3.40. The van der Waals surface area contributed by atoms with Crippen molar-refractivity contribution in [1.82, 2.24) is 4.98 Å². The van der Waals surface area contributed by atoms with Gasteiger partial charge in [-0.25, -0.2) is 13.4 Å². The highest BCUT2D eigenvalue weighted by molar-refractivity contribution is 7.91. The zero-order valence-corrected chi connectivity index (χ0v) is 21.6. The molecule has 8 heteroatoms. The fourth-order valence-corrected chi connectivity index (χ4v) is 5.60.